The third-order valence-corrected chi connectivity index (χ3v) is 7.06. The van der Waals surface area contributed by atoms with Crippen molar-refractivity contribution in [3.8, 4) is 11.5 Å². The number of ether oxygens (including phenoxy) is 1. The molecular weight excluding hydrogens is 484 g/mol. The van der Waals surface area contributed by atoms with Gasteiger partial charge in [0.1, 0.15) is 11.9 Å². The number of benzene rings is 1. The van der Waals surface area contributed by atoms with Crippen molar-refractivity contribution in [1.29, 1.82) is 0 Å². The maximum atomic E-state index is 12.4. The molecule has 2 aromatic heterocycles. The van der Waals surface area contributed by atoms with Crippen LogP contribution in [-0.4, -0.2) is 65.7 Å². The number of nitrogens with zero attached hydrogens (tertiary/aromatic N) is 5. The van der Waals surface area contributed by atoms with Crippen molar-refractivity contribution < 1.29 is 24.5 Å². The molecule has 0 atom stereocenters. The van der Waals surface area contributed by atoms with E-state index in [9.17, 15) is 19.8 Å². The van der Waals surface area contributed by atoms with E-state index in [0.29, 0.717) is 53.1 Å². The van der Waals surface area contributed by atoms with E-state index >= 15 is 0 Å². The molecule has 1 fully saturated rings. The van der Waals surface area contributed by atoms with Crippen LogP contribution in [0.5, 0.6) is 11.5 Å². The first-order chi connectivity index (χ1) is 17.1. The molecule has 0 saturated carbocycles. The lowest BCUT2D eigenvalue weighted by molar-refractivity contribution is 0.0179. The molecule has 4 rings (SSSR count). The molecule has 192 valence electrons. The summed E-state index contributed by atoms with van der Waals surface area (Å²) in [6.07, 6.45) is 4.25. The van der Waals surface area contributed by atoms with Crippen LogP contribution in [0.3, 0.4) is 0 Å². The fourth-order valence-electron chi connectivity index (χ4n) is 4.11. The molecule has 1 aliphatic rings. The largest absolute Gasteiger partial charge is 0.504 e. The SMILES string of the molecule is CC(C)(C)OC(=O)N1CCC(CCn2c(Sc3cc(O)c(O)cc3C=O)nc3c(N)ncnc32)CC1. The fourth-order valence-corrected chi connectivity index (χ4v) is 5.13. The second kappa shape index (κ2) is 10.2. The number of aryl methyl sites for hydroxylation is 1. The van der Waals surface area contributed by atoms with E-state index in [-0.39, 0.29) is 29.0 Å². The van der Waals surface area contributed by atoms with Gasteiger partial charge in [-0.05, 0) is 58.1 Å². The number of aldehydes is 1. The van der Waals surface area contributed by atoms with Crippen molar-refractivity contribution >= 4 is 41.1 Å². The lowest BCUT2D eigenvalue weighted by atomic mass is 9.94. The molecule has 0 bridgehead atoms. The quantitative estimate of drug-likeness (QED) is 0.326. The minimum absolute atomic E-state index is 0.225. The zero-order valence-corrected chi connectivity index (χ0v) is 21.3. The Morgan fingerprint density at radius 2 is 1.92 bits per heavy atom. The molecule has 0 radical (unpaired) electrons. The monoisotopic (exact) mass is 514 g/mol. The van der Waals surface area contributed by atoms with E-state index in [2.05, 4.69) is 15.0 Å². The molecule has 4 N–H and O–H groups in total. The highest BCUT2D eigenvalue weighted by Crippen LogP contribution is 2.38. The smallest absolute Gasteiger partial charge is 0.410 e. The summed E-state index contributed by atoms with van der Waals surface area (Å²) in [4.78, 5) is 39.1. The highest BCUT2D eigenvalue weighted by Gasteiger charge is 2.27. The normalized spacial score (nSPS) is 14.8. The van der Waals surface area contributed by atoms with Gasteiger partial charge in [-0.1, -0.05) is 11.8 Å². The van der Waals surface area contributed by atoms with Crippen molar-refractivity contribution in [2.75, 3.05) is 18.8 Å². The molecule has 3 aromatic rings. The van der Waals surface area contributed by atoms with Crippen molar-refractivity contribution in [3.05, 3.63) is 24.0 Å². The number of piperidine rings is 1. The standard InChI is InChI=1S/C24H30N6O5S/c1-24(2,3)35-23(34)29-7-4-14(5-8-29)6-9-30-21-19(20(25)26-13-27-21)28-22(30)36-18-11-17(33)16(32)10-15(18)12-31/h10-14,32-33H,4-9H2,1-3H3,(H2,25,26,27). The van der Waals surface area contributed by atoms with Crippen LogP contribution in [0.15, 0.2) is 28.5 Å². The number of rotatable bonds is 6. The zero-order chi connectivity index (χ0) is 26.0. The number of phenolic OH excluding ortho intramolecular Hbond substituents is 2. The number of imidazole rings is 1. The van der Waals surface area contributed by atoms with Gasteiger partial charge in [-0.25, -0.2) is 19.7 Å². The van der Waals surface area contributed by atoms with Crippen molar-refractivity contribution in [1.82, 2.24) is 24.4 Å². The number of amides is 1. The Kier molecular flexibility index (Phi) is 7.25. The predicted octanol–water partition coefficient (Wildman–Crippen LogP) is 3.82. The number of carbonyl (C=O) groups is 2. The number of hydrogen-bond acceptors (Lipinski definition) is 10. The number of likely N-dealkylation sites (tertiary alicyclic amines) is 1. The number of aromatic hydroxyl groups is 2. The number of nitrogen functional groups attached to an aromatic ring is 1. The van der Waals surface area contributed by atoms with E-state index in [0.717, 1.165) is 19.3 Å². The Hall–Kier alpha value is -3.54. The molecule has 1 saturated heterocycles. The fraction of sp³-hybridized carbons (Fsp3) is 0.458. The van der Waals surface area contributed by atoms with Gasteiger partial charge in [-0.3, -0.25) is 4.79 Å². The third-order valence-electron chi connectivity index (χ3n) is 5.99. The summed E-state index contributed by atoms with van der Waals surface area (Å²) in [6, 6.07) is 2.54. The summed E-state index contributed by atoms with van der Waals surface area (Å²) in [6.45, 7) is 7.43. The van der Waals surface area contributed by atoms with Crippen molar-refractivity contribution in [3.63, 3.8) is 0 Å². The first-order valence-corrected chi connectivity index (χ1v) is 12.5. The van der Waals surface area contributed by atoms with E-state index < -0.39 is 5.60 Å². The molecular formula is C24H30N6O5S. The molecule has 0 unspecified atom stereocenters. The summed E-state index contributed by atoms with van der Waals surface area (Å²) in [7, 11) is 0. The average Bonchev–Trinajstić information content (AvgIpc) is 3.17. The average molecular weight is 515 g/mol. The summed E-state index contributed by atoms with van der Waals surface area (Å²) >= 11 is 1.18. The Balaban J connectivity index is 1.51. The van der Waals surface area contributed by atoms with Crippen LogP contribution < -0.4 is 5.73 Å². The molecule has 12 heteroatoms. The number of nitrogens with two attached hydrogens (primary N) is 1. The van der Waals surface area contributed by atoms with Gasteiger partial charge in [0.2, 0.25) is 0 Å². The summed E-state index contributed by atoms with van der Waals surface area (Å²) in [5.41, 5.74) is 6.78. The van der Waals surface area contributed by atoms with Crippen molar-refractivity contribution in [2.24, 2.45) is 5.92 Å². The molecule has 0 aliphatic carbocycles. The van der Waals surface area contributed by atoms with Crippen LogP contribution in [0.2, 0.25) is 0 Å². The molecule has 1 aliphatic heterocycles. The van der Waals surface area contributed by atoms with Gasteiger partial charge in [0.15, 0.2) is 39.9 Å². The van der Waals surface area contributed by atoms with Crippen molar-refractivity contribution in [2.45, 2.75) is 62.2 Å². The number of phenols is 2. The summed E-state index contributed by atoms with van der Waals surface area (Å²) in [5.74, 6) is -0.0681. The molecule has 11 nitrogen and oxygen atoms in total. The zero-order valence-electron chi connectivity index (χ0n) is 20.5. The minimum Gasteiger partial charge on any atom is -0.504 e. The predicted molar refractivity (Wildman–Crippen MR) is 134 cm³/mol. The van der Waals surface area contributed by atoms with Gasteiger partial charge in [-0.15, -0.1) is 0 Å². The third kappa shape index (κ3) is 5.64. The lowest BCUT2D eigenvalue weighted by Gasteiger charge is -2.33. The van der Waals surface area contributed by atoms with Crippen LogP contribution in [0.25, 0.3) is 11.2 Å². The van der Waals surface area contributed by atoms with Crippen LogP contribution >= 0.6 is 11.8 Å². The Labute approximate surface area is 212 Å². The minimum atomic E-state index is -0.522. The van der Waals surface area contributed by atoms with Crippen LogP contribution in [0.4, 0.5) is 10.6 Å². The van der Waals surface area contributed by atoms with Gasteiger partial charge in [-0.2, -0.15) is 0 Å². The number of fused-ring (bicyclic) bond motifs is 1. The Morgan fingerprint density at radius 3 is 2.58 bits per heavy atom. The summed E-state index contributed by atoms with van der Waals surface area (Å²) in [5, 5.41) is 20.3. The number of hydrogen-bond donors (Lipinski definition) is 3. The Bertz CT molecular complexity index is 1280. The summed E-state index contributed by atoms with van der Waals surface area (Å²) < 4.78 is 7.41. The number of aromatic nitrogens is 4. The second-order valence-corrected chi connectivity index (χ2v) is 10.8. The van der Waals surface area contributed by atoms with Crippen LogP contribution in [0.1, 0.15) is 50.4 Å². The van der Waals surface area contributed by atoms with Crippen LogP contribution in [-0.2, 0) is 11.3 Å². The molecule has 3 heterocycles. The van der Waals surface area contributed by atoms with Gasteiger partial charge in [0, 0.05) is 30.1 Å². The Morgan fingerprint density at radius 1 is 1.22 bits per heavy atom. The highest BCUT2D eigenvalue weighted by atomic mass is 32.2. The number of carbonyl (C=O) groups excluding carboxylic acids is 2. The number of anilines is 1. The van der Waals surface area contributed by atoms with E-state index in [1.807, 2.05) is 25.3 Å². The first kappa shape index (κ1) is 25.5. The lowest BCUT2D eigenvalue weighted by Crippen LogP contribution is -2.41. The molecule has 1 amide bonds. The van der Waals surface area contributed by atoms with Gasteiger partial charge < -0.3 is 30.2 Å². The highest BCUT2D eigenvalue weighted by molar-refractivity contribution is 7.99. The van der Waals surface area contributed by atoms with E-state index in [1.165, 1.54) is 30.2 Å². The van der Waals surface area contributed by atoms with Gasteiger partial charge in [0.25, 0.3) is 0 Å². The molecule has 36 heavy (non-hydrogen) atoms. The maximum Gasteiger partial charge on any atom is 0.410 e. The van der Waals surface area contributed by atoms with Gasteiger partial charge >= 0.3 is 6.09 Å². The maximum absolute atomic E-state index is 12.4. The topological polar surface area (TPSA) is 157 Å². The van der Waals surface area contributed by atoms with E-state index in [1.54, 1.807) is 4.90 Å². The van der Waals surface area contributed by atoms with E-state index in [4.69, 9.17) is 10.5 Å². The van der Waals surface area contributed by atoms with Crippen LogP contribution in [0, 0.1) is 5.92 Å². The second-order valence-electron chi connectivity index (χ2n) is 9.78. The van der Waals surface area contributed by atoms with Gasteiger partial charge in [0.05, 0.1) is 0 Å². The molecule has 0 spiro atoms. The molecule has 1 aromatic carbocycles. The first-order valence-electron chi connectivity index (χ1n) is 11.7.